The molecule has 0 saturated carbocycles. The minimum atomic E-state index is -0.986. The van der Waals surface area contributed by atoms with Crippen molar-refractivity contribution in [2.75, 3.05) is 31.1 Å². The van der Waals surface area contributed by atoms with E-state index in [1.165, 1.54) is 24.0 Å². The minimum absolute atomic E-state index is 0.171. The lowest BCUT2D eigenvalue weighted by molar-refractivity contribution is 0.0927. The van der Waals surface area contributed by atoms with Crippen LogP contribution in [-0.4, -0.2) is 48.0 Å². The Balaban J connectivity index is 1.44. The van der Waals surface area contributed by atoms with Gasteiger partial charge >= 0.3 is 0 Å². The Labute approximate surface area is 139 Å². The zero-order valence-electron chi connectivity index (χ0n) is 13.1. The maximum absolute atomic E-state index is 13.2. The number of amides is 1. The third kappa shape index (κ3) is 4.23. The average Bonchev–Trinajstić information content (AvgIpc) is 3.10. The molecule has 2 aliphatic rings. The van der Waals surface area contributed by atoms with Crippen LogP contribution in [-0.2, 0) is 0 Å². The van der Waals surface area contributed by atoms with Crippen LogP contribution in [0.2, 0.25) is 0 Å². The van der Waals surface area contributed by atoms with E-state index in [9.17, 15) is 13.6 Å². The quantitative estimate of drug-likeness (QED) is 0.915. The van der Waals surface area contributed by atoms with Gasteiger partial charge < -0.3 is 5.32 Å². The molecule has 6 heteroatoms. The molecule has 0 bridgehead atoms. The molecule has 23 heavy (non-hydrogen) atoms. The van der Waals surface area contributed by atoms with Gasteiger partial charge in [0.05, 0.1) is 0 Å². The van der Waals surface area contributed by atoms with E-state index >= 15 is 0 Å². The number of carbonyl (C=O) groups excluding carboxylic acids is 1. The largest absolute Gasteiger partial charge is 0.352 e. The average molecular weight is 340 g/mol. The number of nitrogens with zero attached hydrogens (tertiary/aromatic N) is 1. The Bertz CT molecular complexity index is 556. The van der Waals surface area contributed by atoms with Crippen molar-refractivity contribution in [2.24, 2.45) is 5.92 Å². The molecule has 1 amide bonds. The molecule has 2 aliphatic heterocycles. The van der Waals surface area contributed by atoms with Gasteiger partial charge in [-0.15, -0.1) is 0 Å². The second kappa shape index (κ2) is 7.62. The molecule has 2 fully saturated rings. The summed E-state index contributed by atoms with van der Waals surface area (Å²) in [6.45, 7) is 2.79. The summed E-state index contributed by atoms with van der Waals surface area (Å²) in [6.07, 6.45) is 3.46. The van der Waals surface area contributed by atoms with Crippen LogP contribution in [0.5, 0.6) is 0 Å². The molecule has 2 saturated heterocycles. The van der Waals surface area contributed by atoms with E-state index in [4.69, 9.17) is 0 Å². The third-order valence-corrected chi connectivity index (χ3v) is 5.95. The van der Waals surface area contributed by atoms with Gasteiger partial charge in [0.25, 0.3) is 5.91 Å². The SMILES string of the molecule is O=C(NCC1CCN(C2CCSC2)CC1)c1ccc(F)c(F)c1. The standard InChI is InChI=1S/C17H22F2N2OS/c18-15-2-1-13(9-16(15)19)17(22)20-10-12-3-6-21(7-4-12)14-5-8-23-11-14/h1-2,9,12,14H,3-8,10-11H2,(H,20,22). The smallest absolute Gasteiger partial charge is 0.251 e. The monoisotopic (exact) mass is 340 g/mol. The lowest BCUT2D eigenvalue weighted by atomic mass is 9.95. The first-order valence-corrected chi connectivity index (χ1v) is 9.34. The summed E-state index contributed by atoms with van der Waals surface area (Å²) in [4.78, 5) is 14.6. The molecule has 1 N–H and O–H groups in total. The second-order valence-electron chi connectivity index (χ2n) is 6.34. The summed E-state index contributed by atoms with van der Waals surface area (Å²) in [5.74, 6) is 0.735. The van der Waals surface area contributed by atoms with Crippen molar-refractivity contribution < 1.29 is 13.6 Å². The van der Waals surface area contributed by atoms with Crippen molar-refractivity contribution in [3.05, 3.63) is 35.4 Å². The summed E-state index contributed by atoms with van der Waals surface area (Å²) in [5.41, 5.74) is 0.171. The van der Waals surface area contributed by atoms with Crippen LogP contribution in [0, 0.1) is 17.6 Å². The molecule has 1 aromatic rings. The number of hydrogen-bond donors (Lipinski definition) is 1. The lowest BCUT2D eigenvalue weighted by Crippen LogP contribution is -2.43. The van der Waals surface area contributed by atoms with Crippen molar-refractivity contribution in [3.63, 3.8) is 0 Å². The highest BCUT2D eigenvalue weighted by Crippen LogP contribution is 2.26. The number of piperidine rings is 1. The second-order valence-corrected chi connectivity index (χ2v) is 7.49. The molecule has 1 unspecified atom stereocenters. The molecule has 126 valence electrons. The number of hydrogen-bond acceptors (Lipinski definition) is 3. The molecule has 0 spiro atoms. The van der Waals surface area contributed by atoms with E-state index in [2.05, 4.69) is 10.2 Å². The third-order valence-electron chi connectivity index (χ3n) is 4.80. The van der Waals surface area contributed by atoms with Gasteiger partial charge in [-0.3, -0.25) is 9.69 Å². The van der Waals surface area contributed by atoms with Gasteiger partial charge in [0, 0.05) is 23.9 Å². The predicted molar refractivity (Wildman–Crippen MR) is 88.7 cm³/mol. The molecule has 1 aromatic carbocycles. The summed E-state index contributed by atoms with van der Waals surface area (Å²) >= 11 is 2.03. The van der Waals surface area contributed by atoms with E-state index < -0.39 is 11.6 Å². The highest BCUT2D eigenvalue weighted by atomic mass is 32.2. The van der Waals surface area contributed by atoms with E-state index in [-0.39, 0.29) is 11.5 Å². The van der Waals surface area contributed by atoms with Gasteiger partial charge in [-0.25, -0.2) is 8.78 Å². The normalized spacial score (nSPS) is 23.1. The lowest BCUT2D eigenvalue weighted by Gasteiger charge is -2.35. The van der Waals surface area contributed by atoms with Crippen molar-refractivity contribution in [1.82, 2.24) is 10.2 Å². The molecule has 0 aliphatic carbocycles. The van der Waals surface area contributed by atoms with Gasteiger partial charge in [0.2, 0.25) is 0 Å². The summed E-state index contributed by atoms with van der Waals surface area (Å²) < 4.78 is 26.1. The number of nitrogens with one attached hydrogen (secondary N) is 1. The highest BCUT2D eigenvalue weighted by molar-refractivity contribution is 7.99. The number of thioether (sulfide) groups is 1. The zero-order valence-corrected chi connectivity index (χ0v) is 13.9. The number of benzene rings is 1. The van der Waals surface area contributed by atoms with Crippen molar-refractivity contribution in [2.45, 2.75) is 25.3 Å². The van der Waals surface area contributed by atoms with E-state index in [1.54, 1.807) is 0 Å². The molecular formula is C17H22F2N2OS. The molecule has 3 rings (SSSR count). The molecule has 0 aromatic heterocycles. The van der Waals surface area contributed by atoms with Gasteiger partial charge in [0.1, 0.15) is 0 Å². The Morgan fingerprint density at radius 3 is 2.65 bits per heavy atom. The van der Waals surface area contributed by atoms with E-state index in [1.807, 2.05) is 11.8 Å². The van der Waals surface area contributed by atoms with Crippen molar-refractivity contribution in [1.29, 1.82) is 0 Å². The summed E-state index contributed by atoms with van der Waals surface area (Å²) in [7, 11) is 0. The van der Waals surface area contributed by atoms with Crippen LogP contribution < -0.4 is 5.32 Å². The topological polar surface area (TPSA) is 32.3 Å². The summed E-state index contributed by atoms with van der Waals surface area (Å²) in [6, 6.07) is 3.99. The fourth-order valence-corrected chi connectivity index (χ4v) is 4.56. The Hall–Kier alpha value is -1.14. The van der Waals surface area contributed by atoms with Crippen LogP contribution in [0.3, 0.4) is 0 Å². The maximum atomic E-state index is 13.2. The zero-order chi connectivity index (χ0) is 16.2. The molecule has 0 radical (unpaired) electrons. The first-order valence-electron chi connectivity index (χ1n) is 8.18. The van der Waals surface area contributed by atoms with Gasteiger partial charge in [-0.2, -0.15) is 11.8 Å². The minimum Gasteiger partial charge on any atom is -0.352 e. The van der Waals surface area contributed by atoms with Gasteiger partial charge in [0.15, 0.2) is 11.6 Å². The summed E-state index contributed by atoms with van der Waals surface area (Å²) in [5, 5.41) is 2.85. The fourth-order valence-electron chi connectivity index (χ4n) is 3.31. The van der Waals surface area contributed by atoms with Crippen LogP contribution in [0.4, 0.5) is 8.78 Å². The van der Waals surface area contributed by atoms with Crippen molar-refractivity contribution in [3.8, 4) is 0 Å². The van der Waals surface area contributed by atoms with Crippen LogP contribution in [0.1, 0.15) is 29.6 Å². The Morgan fingerprint density at radius 2 is 2.00 bits per heavy atom. The number of rotatable bonds is 4. The number of carbonyl (C=O) groups is 1. The number of likely N-dealkylation sites (tertiary alicyclic amines) is 1. The van der Waals surface area contributed by atoms with Crippen LogP contribution in [0.25, 0.3) is 0 Å². The highest BCUT2D eigenvalue weighted by Gasteiger charge is 2.27. The predicted octanol–water partition coefficient (Wildman–Crippen LogP) is 2.91. The molecule has 2 heterocycles. The van der Waals surface area contributed by atoms with E-state index in [0.717, 1.165) is 44.1 Å². The molecule has 1 atom stereocenters. The van der Waals surface area contributed by atoms with E-state index in [0.29, 0.717) is 12.5 Å². The van der Waals surface area contributed by atoms with Crippen LogP contribution in [0.15, 0.2) is 18.2 Å². The van der Waals surface area contributed by atoms with Crippen LogP contribution >= 0.6 is 11.8 Å². The molecule has 3 nitrogen and oxygen atoms in total. The first kappa shape index (κ1) is 16.7. The van der Waals surface area contributed by atoms with Gasteiger partial charge in [-0.05, 0) is 62.2 Å². The first-order chi connectivity index (χ1) is 11.1. The number of halogens is 2. The Kier molecular flexibility index (Phi) is 5.54. The van der Waals surface area contributed by atoms with Crippen molar-refractivity contribution >= 4 is 17.7 Å². The van der Waals surface area contributed by atoms with Gasteiger partial charge in [-0.1, -0.05) is 0 Å². The molecular weight excluding hydrogens is 318 g/mol. The Morgan fingerprint density at radius 1 is 1.22 bits per heavy atom. The maximum Gasteiger partial charge on any atom is 0.251 e. The fraction of sp³-hybridized carbons (Fsp3) is 0.588.